The first-order chi connectivity index (χ1) is 13.4. The number of fused-ring (bicyclic) bond motifs is 1. The number of benzene rings is 1. The maximum absolute atomic E-state index is 12.5. The van der Waals surface area contributed by atoms with Crippen LogP contribution in [0.3, 0.4) is 0 Å². The number of rotatable bonds is 4. The summed E-state index contributed by atoms with van der Waals surface area (Å²) in [5.41, 5.74) is 1.92. The van der Waals surface area contributed by atoms with Gasteiger partial charge in [-0.15, -0.1) is 11.3 Å². The second kappa shape index (κ2) is 7.62. The maximum atomic E-state index is 12.5. The van der Waals surface area contributed by atoms with Gasteiger partial charge in [-0.1, -0.05) is 11.6 Å². The Morgan fingerprint density at radius 3 is 2.71 bits per heavy atom. The van der Waals surface area contributed by atoms with Gasteiger partial charge < -0.3 is 9.80 Å². The minimum atomic E-state index is -0.512. The van der Waals surface area contributed by atoms with Crippen molar-refractivity contribution in [3.05, 3.63) is 44.9 Å². The smallest absolute Gasteiger partial charge is 0.303 e. The zero-order valence-electron chi connectivity index (χ0n) is 15.4. The fourth-order valence-electron chi connectivity index (χ4n) is 3.61. The first kappa shape index (κ1) is 19.0. The number of anilines is 1. The van der Waals surface area contributed by atoms with Gasteiger partial charge >= 0.3 is 5.91 Å². The SMILES string of the molecule is Cc1csc(CC(=O)N2CC[NH+](CN3C(=O)C(=O)c4cc(Cl)ccc43)CC2)n1. The fraction of sp³-hybridized carbons (Fsp3) is 0.368. The van der Waals surface area contributed by atoms with Crippen LogP contribution >= 0.6 is 22.9 Å². The highest BCUT2D eigenvalue weighted by Gasteiger charge is 2.38. The summed E-state index contributed by atoms with van der Waals surface area (Å²) >= 11 is 7.46. The number of thiazole rings is 1. The third kappa shape index (κ3) is 3.67. The molecule has 4 rings (SSSR count). The molecule has 0 radical (unpaired) electrons. The van der Waals surface area contributed by atoms with Gasteiger partial charge in [0.25, 0.3) is 5.78 Å². The Kier molecular flexibility index (Phi) is 5.18. The molecule has 0 bridgehead atoms. The lowest BCUT2D eigenvalue weighted by Gasteiger charge is -2.34. The van der Waals surface area contributed by atoms with Gasteiger partial charge in [-0.2, -0.15) is 0 Å². The molecule has 3 heterocycles. The van der Waals surface area contributed by atoms with Crippen LogP contribution in [0.15, 0.2) is 23.6 Å². The number of nitrogens with zero attached hydrogens (tertiary/aromatic N) is 3. The summed E-state index contributed by atoms with van der Waals surface area (Å²) in [6, 6.07) is 4.95. The molecule has 1 fully saturated rings. The largest absolute Gasteiger partial charge is 0.331 e. The van der Waals surface area contributed by atoms with Crippen LogP contribution in [0.25, 0.3) is 0 Å². The van der Waals surface area contributed by atoms with Crippen molar-refractivity contribution in [2.45, 2.75) is 13.3 Å². The van der Waals surface area contributed by atoms with Crippen molar-refractivity contribution in [3.63, 3.8) is 0 Å². The van der Waals surface area contributed by atoms with E-state index in [0.29, 0.717) is 42.5 Å². The minimum absolute atomic E-state index is 0.0841. The fourth-order valence-corrected chi connectivity index (χ4v) is 4.54. The average Bonchev–Trinajstić information content (AvgIpc) is 3.19. The lowest BCUT2D eigenvalue weighted by atomic mass is 10.1. The molecule has 7 nitrogen and oxygen atoms in total. The van der Waals surface area contributed by atoms with Gasteiger partial charge in [0, 0.05) is 16.1 Å². The summed E-state index contributed by atoms with van der Waals surface area (Å²) in [5.74, 6) is -0.937. The van der Waals surface area contributed by atoms with E-state index in [1.165, 1.54) is 16.2 Å². The minimum Gasteiger partial charge on any atom is -0.331 e. The molecule has 0 atom stereocenters. The summed E-state index contributed by atoms with van der Waals surface area (Å²) in [4.78, 5) is 46.0. The van der Waals surface area contributed by atoms with Crippen molar-refractivity contribution in [2.75, 3.05) is 37.7 Å². The van der Waals surface area contributed by atoms with Crippen molar-refractivity contribution < 1.29 is 19.3 Å². The Hall–Kier alpha value is -2.29. The molecule has 1 aromatic heterocycles. The molecule has 0 aliphatic carbocycles. The van der Waals surface area contributed by atoms with Crippen molar-refractivity contribution in [3.8, 4) is 0 Å². The molecule has 0 spiro atoms. The first-order valence-electron chi connectivity index (χ1n) is 9.10. The van der Waals surface area contributed by atoms with E-state index >= 15 is 0 Å². The molecule has 0 saturated carbocycles. The number of ketones is 1. The average molecular weight is 420 g/mol. The van der Waals surface area contributed by atoms with Gasteiger partial charge in [0.1, 0.15) is 5.01 Å². The van der Waals surface area contributed by atoms with Crippen molar-refractivity contribution in [2.24, 2.45) is 0 Å². The molecule has 1 aromatic carbocycles. The van der Waals surface area contributed by atoms with Crippen LogP contribution in [0.2, 0.25) is 5.02 Å². The van der Waals surface area contributed by atoms with Crippen LogP contribution in [0.1, 0.15) is 21.1 Å². The van der Waals surface area contributed by atoms with Crippen molar-refractivity contribution >= 4 is 46.2 Å². The number of quaternary nitrogens is 1. The maximum Gasteiger partial charge on any atom is 0.303 e. The first-order valence-corrected chi connectivity index (χ1v) is 10.4. The van der Waals surface area contributed by atoms with Crippen molar-refractivity contribution in [1.29, 1.82) is 0 Å². The van der Waals surface area contributed by atoms with E-state index in [4.69, 9.17) is 11.6 Å². The number of Topliss-reactive ketones (excluding diaryl/α,β-unsaturated/α-hetero) is 1. The van der Waals surface area contributed by atoms with Crippen LogP contribution in [-0.4, -0.2) is 60.3 Å². The predicted octanol–water partition coefficient (Wildman–Crippen LogP) is 0.562. The third-order valence-corrected chi connectivity index (χ3v) is 6.31. The third-order valence-electron chi connectivity index (χ3n) is 5.11. The highest BCUT2D eigenvalue weighted by molar-refractivity contribution is 7.09. The topological polar surface area (TPSA) is 75.0 Å². The number of hydrogen-bond donors (Lipinski definition) is 1. The molecule has 28 heavy (non-hydrogen) atoms. The quantitative estimate of drug-likeness (QED) is 0.735. The number of aryl methyl sites for hydroxylation is 1. The number of halogens is 1. The van der Waals surface area contributed by atoms with Crippen LogP contribution in [0.4, 0.5) is 5.69 Å². The van der Waals surface area contributed by atoms with Gasteiger partial charge in [0.2, 0.25) is 5.91 Å². The highest BCUT2D eigenvalue weighted by Crippen LogP contribution is 2.30. The summed E-state index contributed by atoms with van der Waals surface area (Å²) in [7, 11) is 0. The van der Waals surface area contributed by atoms with Gasteiger partial charge in [-0.25, -0.2) is 4.98 Å². The number of carbonyl (C=O) groups is 3. The Labute approximate surface area is 171 Å². The van der Waals surface area contributed by atoms with E-state index in [9.17, 15) is 14.4 Å². The summed E-state index contributed by atoms with van der Waals surface area (Å²) in [6.45, 7) is 5.03. The number of nitrogens with one attached hydrogen (secondary N) is 1. The van der Waals surface area contributed by atoms with Crippen LogP contribution in [-0.2, 0) is 16.0 Å². The summed E-state index contributed by atoms with van der Waals surface area (Å²) in [5, 5.41) is 3.23. The van der Waals surface area contributed by atoms with E-state index in [1.54, 1.807) is 18.2 Å². The van der Waals surface area contributed by atoms with E-state index in [2.05, 4.69) is 4.98 Å². The lowest BCUT2D eigenvalue weighted by Crippen LogP contribution is -3.16. The molecule has 9 heteroatoms. The Bertz CT molecular complexity index is 952. The summed E-state index contributed by atoms with van der Waals surface area (Å²) in [6.07, 6.45) is 0.334. The normalized spacial score (nSPS) is 17.4. The molecule has 1 saturated heterocycles. The second-order valence-corrected chi connectivity index (χ2v) is 8.45. The lowest BCUT2D eigenvalue weighted by molar-refractivity contribution is -0.902. The molecular formula is C19H20ClN4O3S+. The highest BCUT2D eigenvalue weighted by atomic mass is 35.5. The number of aromatic nitrogens is 1. The van der Waals surface area contributed by atoms with Gasteiger partial charge in [-0.05, 0) is 25.1 Å². The zero-order valence-corrected chi connectivity index (χ0v) is 17.0. The van der Waals surface area contributed by atoms with Gasteiger partial charge in [-0.3, -0.25) is 19.3 Å². The number of hydrogen-bond acceptors (Lipinski definition) is 5. The number of amides is 2. The van der Waals surface area contributed by atoms with E-state index in [0.717, 1.165) is 28.7 Å². The number of carbonyl (C=O) groups excluding carboxylic acids is 3. The van der Waals surface area contributed by atoms with E-state index < -0.39 is 11.7 Å². The summed E-state index contributed by atoms with van der Waals surface area (Å²) < 4.78 is 0. The van der Waals surface area contributed by atoms with Crippen molar-refractivity contribution in [1.82, 2.24) is 9.88 Å². The molecule has 2 aliphatic rings. The van der Waals surface area contributed by atoms with Gasteiger partial charge in [0.05, 0.1) is 43.9 Å². The van der Waals surface area contributed by atoms with E-state index in [-0.39, 0.29) is 5.91 Å². The zero-order chi connectivity index (χ0) is 19.8. The Balaban J connectivity index is 1.35. The molecule has 0 unspecified atom stereocenters. The van der Waals surface area contributed by atoms with Crippen LogP contribution in [0.5, 0.6) is 0 Å². The molecule has 2 aromatic rings. The molecule has 1 N–H and O–H groups in total. The molecule has 2 amide bonds. The van der Waals surface area contributed by atoms with Gasteiger partial charge in [0.15, 0.2) is 6.67 Å². The molecule has 2 aliphatic heterocycles. The molecular weight excluding hydrogens is 400 g/mol. The second-order valence-electron chi connectivity index (χ2n) is 7.07. The monoisotopic (exact) mass is 419 g/mol. The molecule has 146 valence electrons. The Morgan fingerprint density at radius 1 is 1.29 bits per heavy atom. The van der Waals surface area contributed by atoms with Crippen LogP contribution in [0, 0.1) is 6.92 Å². The van der Waals surface area contributed by atoms with Crippen LogP contribution < -0.4 is 9.80 Å². The predicted molar refractivity (Wildman–Crippen MR) is 106 cm³/mol. The van der Waals surface area contributed by atoms with E-state index in [1.807, 2.05) is 17.2 Å². The standard InChI is InChI=1S/C19H19ClN4O3S/c1-12-10-28-16(21-12)9-17(25)23-6-4-22(5-7-23)11-24-15-3-2-13(20)8-14(15)18(26)19(24)27/h2-3,8,10H,4-7,9,11H2,1H3/p+1. The number of piperazine rings is 1. The Morgan fingerprint density at radius 2 is 2.04 bits per heavy atom.